The van der Waals surface area contributed by atoms with Gasteiger partial charge in [0.1, 0.15) is 5.82 Å². The molecular weight excluding hydrogens is 200 g/mol. The Bertz CT molecular complexity index is 301. The normalized spacial score (nSPS) is 12.4. The highest BCUT2D eigenvalue weighted by Gasteiger charge is 2.02. The molecule has 0 aliphatic heterocycles. The lowest BCUT2D eigenvalue weighted by molar-refractivity contribution is 0.593. The number of nitrogens with one attached hydrogen (secondary N) is 1. The minimum Gasteiger partial charge on any atom is -0.368 e. The van der Waals surface area contributed by atoms with Gasteiger partial charge in [-0.2, -0.15) is 4.98 Å². The maximum Gasteiger partial charge on any atom is 0.221 e. The molecule has 0 radical (unpaired) electrons. The average molecular weight is 222 g/mol. The van der Waals surface area contributed by atoms with Crippen molar-refractivity contribution in [1.29, 1.82) is 0 Å². The molecule has 0 amide bonds. The third-order valence-electron chi connectivity index (χ3n) is 2.56. The van der Waals surface area contributed by atoms with Gasteiger partial charge >= 0.3 is 0 Å². The smallest absolute Gasteiger partial charge is 0.221 e. The number of nitrogens with two attached hydrogens (primary N) is 1. The molecule has 90 valence electrons. The van der Waals surface area contributed by atoms with Crippen LogP contribution in [0.1, 0.15) is 46.0 Å². The maximum absolute atomic E-state index is 5.51. The average Bonchev–Trinajstić information content (AvgIpc) is 2.24. The van der Waals surface area contributed by atoms with Crippen molar-refractivity contribution in [2.75, 3.05) is 11.1 Å². The molecule has 1 heterocycles. The topological polar surface area (TPSA) is 63.8 Å². The monoisotopic (exact) mass is 222 g/mol. The molecule has 1 aromatic heterocycles. The van der Waals surface area contributed by atoms with Crippen LogP contribution >= 0.6 is 0 Å². The summed E-state index contributed by atoms with van der Waals surface area (Å²) in [7, 11) is 0. The van der Waals surface area contributed by atoms with Crippen LogP contribution in [0.5, 0.6) is 0 Å². The van der Waals surface area contributed by atoms with Gasteiger partial charge in [-0.25, -0.2) is 4.98 Å². The van der Waals surface area contributed by atoms with Gasteiger partial charge in [0, 0.05) is 12.2 Å². The molecule has 4 heteroatoms. The van der Waals surface area contributed by atoms with Crippen LogP contribution in [-0.4, -0.2) is 16.0 Å². The highest BCUT2D eigenvalue weighted by atomic mass is 15.1. The van der Waals surface area contributed by atoms with E-state index in [1.165, 1.54) is 32.1 Å². The van der Waals surface area contributed by atoms with Crippen molar-refractivity contribution in [1.82, 2.24) is 9.97 Å². The van der Waals surface area contributed by atoms with Crippen molar-refractivity contribution in [2.24, 2.45) is 0 Å². The predicted molar refractivity (Wildman–Crippen MR) is 68.3 cm³/mol. The lowest BCUT2D eigenvalue weighted by Crippen LogP contribution is -2.16. The van der Waals surface area contributed by atoms with Crippen molar-refractivity contribution in [3.63, 3.8) is 0 Å². The Hall–Kier alpha value is -1.32. The van der Waals surface area contributed by atoms with Crippen LogP contribution in [0.2, 0.25) is 0 Å². The third-order valence-corrected chi connectivity index (χ3v) is 2.56. The summed E-state index contributed by atoms with van der Waals surface area (Å²) in [4.78, 5) is 7.97. The van der Waals surface area contributed by atoms with Crippen LogP contribution < -0.4 is 11.1 Å². The lowest BCUT2D eigenvalue weighted by Gasteiger charge is -2.14. The van der Waals surface area contributed by atoms with E-state index in [1.807, 2.05) is 6.07 Å². The fourth-order valence-corrected chi connectivity index (χ4v) is 1.66. The van der Waals surface area contributed by atoms with Gasteiger partial charge in [0.25, 0.3) is 0 Å². The zero-order valence-corrected chi connectivity index (χ0v) is 10.2. The van der Waals surface area contributed by atoms with Gasteiger partial charge < -0.3 is 11.1 Å². The SMILES string of the molecule is CCCCCCC(C)Nc1ccnc(N)n1. The van der Waals surface area contributed by atoms with Gasteiger partial charge in [-0.1, -0.05) is 32.6 Å². The van der Waals surface area contributed by atoms with Gasteiger partial charge in [0.2, 0.25) is 5.95 Å². The van der Waals surface area contributed by atoms with Gasteiger partial charge in [-0.3, -0.25) is 0 Å². The molecule has 1 unspecified atom stereocenters. The van der Waals surface area contributed by atoms with Crippen molar-refractivity contribution in [3.8, 4) is 0 Å². The maximum atomic E-state index is 5.51. The second-order valence-electron chi connectivity index (χ2n) is 4.19. The standard InChI is InChI=1S/C12H22N4/c1-3-4-5-6-7-10(2)15-11-8-9-14-12(13)16-11/h8-10H,3-7H2,1-2H3,(H3,13,14,15,16). The number of aromatic nitrogens is 2. The lowest BCUT2D eigenvalue weighted by atomic mass is 10.1. The summed E-state index contributed by atoms with van der Waals surface area (Å²) >= 11 is 0. The summed E-state index contributed by atoms with van der Waals surface area (Å²) in [5.41, 5.74) is 5.51. The predicted octanol–water partition coefficient (Wildman–Crippen LogP) is 2.83. The number of nitrogen functional groups attached to an aromatic ring is 1. The van der Waals surface area contributed by atoms with Crippen LogP contribution in [0.3, 0.4) is 0 Å². The van der Waals surface area contributed by atoms with Gasteiger partial charge in [-0.05, 0) is 19.4 Å². The first-order valence-corrected chi connectivity index (χ1v) is 6.07. The highest BCUT2D eigenvalue weighted by molar-refractivity contribution is 5.37. The first kappa shape index (κ1) is 12.7. The summed E-state index contributed by atoms with van der Waals surface area (Å²) in [5, 5.41) is 3.33. The molecule has 0 aromatic carbocycles. The van der Waals surface area contributed by atoms with E-state index in [9.17, 15) is 0 Å². The number of unbranched alkanes of at least 4 members (excludes halogenated alkanes) is 3. The van der Waals surface area contributed by atoms with E-state index >= 15 is 0 Å². The molecule has 1 rings (SSSR count). The molecule has 0 aliphatic rings. The molecule has 3 N–H and O–H groups in total. The third kappa shape index (κ3) is 4.96. The number of hydrogen-bond acceptors (Lipinski definition) is 4. The number of nitrogens with zero attached hydrogens (tertiary/aromatic N) is 2. The second kappa shape index (κ2) is 7.04. The first-order chi connectivity index (χ1) is 7.72. The van der Waals surface area contributed by atoms with E-state index in [0.717, 1.165) is 5.82 Å². The first-order valence-electron chi connectivity index (χ1n) is 6.07. The van der Waals surface area contributed by atoms with Gasteiger partial charge in [0.05, 0.1) is 0 Å². The van der Waals surface area contributed by atoms with Crippen LogP contribution in [0.25, 0.3) is 0 Å². The quantitative estimate of drug-likeness (QED) is 0.696. The van der Waals surface area contributed by atoms with Crippen LogP contribution in [0.4, 0.5) is 11.8 Å². The zero-order valence-electron chi connectivity index (χ0n) is 10.2. The van der Waals surface area contributed by atoms with E-state index in [0.29, 0.717) is 12.0 Å². The summed E-state index contributed by atoms with van der Waals surface area (Å²) in [5.74, 6) is 1.14. The molecule has 1 atom stereocenters. The van der Waals surface area contributed by atoms with Crippen molar-refractivity contribution in [3.05, 3.63) is 12.3 Å². The molecule has 0 spiro atoms. The Morgan fingerprint density at radius 1 is 1.38 bits per heavy atom. The van der Waals surface area contributed by atoms with Crippen LogP contribution in [-0.2, 0) is 0 Å². The molecule has 0 saturated heterocycles. The fourth-order valence-electron chi connectivity index (χ4n) is 1.66. The summed E-state index contributed by atoms with van der Waals surface area (Å²) < 4.78 is 0. The summed E-state index contributed by atoms with van der Waals surface area (Å²) in [6, 6.07) is 2.28. The van der Waals surface area contributed by atoms with E-state index in [2.05, 4.69) is 29.1 Å². The van der Waals surface area contributed by atoms with Crippen molar-refractivity contribution in [2.45, 2.75) is 52.0 Å². The molecular formula is C12H22N4. The van der Waals surface area contributed by atoms with E-state index in [1.54, 1.807) is 6.20 Å². The molecule has 0 aliphatic carbocycles. The van der Waals surface area contributed by atoms with E-state index < -0.39 is 0 Å². The van der Waals surface area contributed by atoms with Crippen molar-refractivity contribution >= 4 is 11.8 Å². The zero-order chi connectivity index (χ0) is 11.8. The Kier molecular flexibility index (Phi) is 5.61. The minimum atomic E-state index is 0.322. The van der Waals surface area contributed by atoms with Crippen LogP contribution in [0.15, 0.2) is 12.3 Å². The molecule has 1 aromatic rings. The highest BCUT2D eigenvalue weighted by Crippen LogP contribution is 2.10. The second-order valence-corrected chi connectivity index (χ2v) is 4.19. The largest absolute Gasteiger partial charge is 0.368 e. The molecule has 16 heavy (non-hydrogen) atoms. The molecule has 0 saturated carbocycles. The van der Waals surface area contributed by atoms with Crippen molar-refractivity contribution < 1.29 is 0 Å². The van der Waals surface area contributed by atoms with E-state index in [-0.39, 0.29) is 0 Å². The minimum absolute atomic E-state index is 0.322. The molecule has 0 fully saturated rings. The Labute approximate surface area is 97.7 Å². The van der Waals surface area contributed by atoms with Gasteiger partial charge in [0.15, 0.2) is 0 Å². The Morgan fingerprint density at radius 2 is 2.19 bits per heavy atom. The summed E-state index contributed by atoms with van der Waals surface area (Å²) in [6.07, 6.45) is 8.03. The number of hydrogen-bond donors (Lipinski definition) is 2. The van der Waals surface area contributed by atoms with Crippen LogP contribution in [0, 0.1) is 0 Å². The molecule has 0 bridgehead atoms. The summed E-state index contributed by atoms with van der Waals surface area (Å²) in [6.45, 7) is 4.40. The van der Waals surface area contributed by atoms with Gasteiger partial charge in [-0.15, -0.1) is 0 Å². The fraction of sp³-hybridized carbons (Fsp3) is 0.667. The number of anilines is 2. The molecule has 4 nitrogen and oxygen atoms in total. The van der Waals surface area contributed by atoms with E-state index in [4.69, 9.17) is 5.73 Å². The Morgan fingerprint density at radius 3 is 2.88 bits per heavy atom. The number of rotatable bonds is 7. The Balaban J connectivity index is 2.25.